The standard InChI is InChI=1S/C15H14Cl2N2O5S/c1-18(9-10-4-3-5-12(16)15(10)17)25(22,23)11-6-7-14(24-2)13(8-11)19(20)21/h3-8H,9H2,1-2H3. The molecule has 0 saturated carbocycles. The topological polar surface area (TPSA) is 89.8 Å². The van der Waals surface area contributed by atoms with Gasteiger partial charge in [0.15, 0.2) is 5.75 Å². The van der Waals surface area contributed by atoms with Gasteiger partial charge in [0.1, 0.15) is 0 Å². The summed E-state index contributed by atoms with van der Waals surface area (Å²) in [5.41, 5.74) is 0.0843. The first-order chi connectivity index (χ1) is 11.7. The predicted molar refractivity (Wildman–Crippen MR) is 94.8 cm³/mol. The fourth-order valence-electron chi connectivity index (χ4n) is 2.15. The zero-order valence-electron chi connectivity index (χ0n) is 13.3. The SMILES string of the molecule is COc1ccc(S(=O)(=O)N(C)Cc2cccc(Cl)c2Cl)cc1[N+](=O)[O-]. The molecule has 0 aliphatic rings. The molecule has 10 heteroatoms. The second kappa shape index (κ2) is 7.57. The first kappa shape index (κ1) is 19.5. The Bertz CT molecular complexity index is 918. The van der Waals surface area contributed by atoms with E-state index >= 15 is 0 Å². The van der Waals surface area contributed by atoms with E-state index in [-0.39, 0.29) is 22.2 Å². The van der Waals surface area contributed by atoms with Crippen LogP contribution in [0, 0.1) is 10.1 Å². The van der Waals surface area contributed by atoms with Crippen LogP contribution in [-0.4, -0.2) is 31.8 Å². The third-order valence-corrected chi connectivity index (χ3v) is 6.14. The average Bonchev–Trinajstić information content (AvgIpc) is 2.58. The van der Waals surface area contributed by atoms with Crippen LogP contribution in [0.15, 0.2) is 41.3 Å². The lowest BCUT2D eigenvalue weighted by molar-refractivity contribution is -0.386. The summed E-state index contributed by atoms with van der Waals surface area (Å²) in [6.07, 6.45) is 0. The van der Waals surface area contributed by atoms with Crippen molar-refractivity contribution in [2.45, 2.75) is 11.4 Å². The molecule has 2 aromatic rings. The lowest BCUT2D eigenvalue weighted by atomic mass is 10.2. The van der Waals surface area contributed by atoms with Crippen LogP contribution in [-0.2, 0) is 16.6 Å². The van der Waals surface area contributed by atoms with Crippen molar-refractivity contribution in [3.63, 3.8) is 0 Å². The number of sulfonamides is 1. The van der Waals surface area contributed by atoms with Gasteiger partial charge in [-0.1, -0.05) is 35.3 Å². The van der Waals surface area contributed by atoms with Gasteiger partial charge >= 0.3 is 5.69 Å². The highest BCUT2D eigenvalue weighted by molar-refractivity contribution is 7.89. The minimum absolute atomic E-state index is 0.0236. The van der Waals surface area contributed by atoms with Gasteiger partial charge in [0.2, 0.25) is 10.0 Å². The lowest BCUT2D eigenvalue weighted by Crippen LogP contribution is -2.26. The number of nitro groups is 1. The number of benzene rings is 2. The zero-order valence-corrected chi connectivity index (χ0v) is 15.6. The van der Waals surface area contributed by atoms with Gasteiger partial charge in [-0.2, -0.15) is 4.31 Å². The normalized spacial score (nSPS) is 11.6. The maximum atomic E-state index is 12.7. The molecular weight excluding hydrogens is 391 g/mol. The second-order valence-electron chi connectivity index (χ2n) is 5.06. The molecule has 134 valence electrons. The van der Waals surface area contributed by atoms with Gasteiger partial charge in [-0.05, 0) is 23.8 Å². The average molecular weight is 405 g/mol. The van der Waals surface area contributed by atoms with Crippen molar-refractivity contribution >= 4 is 38.9 Å². The van der Waals surface area contributed by atoms with E-state index in [1.54, 1.807) is 18.2 Å². The van der Waals surface area contributed by atoms with Gasteiger partial charge < -0.3 is 4.74 Å². The molecule has 0 unspecified atom stereocenters. The third kappa shape index (κ3) is 4.04. The molecule has 0 aromatic heterocycles. The quantitative estimate of drug-likeness (QED) is 0.540. The smallest absolute Gasteiger partial charge is 0.312 e. The van der Waals surface area contributed by atoms with Gasteiger partial charge in [-0.25, -0.2) is 8.42 Å². The number of ether oxygens (including phenoxy) is 1. The Morgan fingerprint density at radius 3 is 2.52 bits per heavy atom. The van der Waals surface area contributed by atoms with Crippen molar-refractivity contribution in [1.82, 2.24) is 4.31 Å². The summed E-state index contributed by atoms with van der Waals surface area (Å²) in [6, 6.07) is 8.35. The van der Waals surface area contributed by atoms with Crippen LogP contribution >= 0.6 is 23.2 Å². The monoisotopic (exact) mass is 404 g/mol. The molecule has 0 aliphatic carbocycles. The summed E-state index contributed by atoms with van der Waals surface area (Å²) >= 11 is 12.0. The molecule has 0 bridgehead atoms. The second-order valence-corrected chi connectivity index (χ2v) is 7.89. The van der Waals surface area contributed by atoms with E-state index in [1.165, 1.54) is 26.3 Å². The molecular formula is C15H14Cl2N2O5S. The fourth-order valence-corrected chi connectivity index (χ4v) is 3.70. The van der Waals surface area contributed by atoms with Crippen molar-refractivity contribution in [3.8, 4) is 5.75 Å². The third-order valence-electron chi connectivity index (χ3n) is 3.48. The maximum Gasteiger partial charge on any atom is 0.312 e. The number of halogens is 2. The first-order valence-electron chi connectivity index (χ1n) is 6.90. The van der Waals surface area contributed by atoms with Crippen LogP contribution in [0.4, 0.5) is 5.69 Å². The molecule has 0 N–H and O–H groups in total. The Morgan fingerprint density at radius 1 is 1.24 bits per heavy atom. The first-order valence-corrected chi connectivity index (χ1v) is 9.09. The molecule has 0 spiro atoms. The number of methoxy groups -OCH3 is 1. The molecule has 2 rings (SSSR count). The summed E-state index contributed by atoms with van der Waals surface area (Å²) in [5.74, 6) is -0.0236. The largest absolute Gasteiger partial charge is 0.490 e. The van der Waals surface area contributed by atoms with Crippen molar-refractivity contribution < 1.29 is 18.1 Å². The van der Waals surface area contributed by atoms with E-state index in [0.29, 0.717) is 10.6 Å². The number of hydrogen-bond donors (Lipinski definition) is 0. The van der Waals surface area contributed by atoms with Gasteiger partial charge in [0.05, 0.1) is 27.0 Å². The van der Waals surface area contributed by atoms with E-state index in [0.717, 1.165) is 10.4 Å². The molecule has 25 heavy (non-hydrogen) atoms. The van der Waals surface area contributed by atoms with Crippen molar-refractivity contribution in [2.75, 3.05) is 14.2 Å². The molecule has 0 amide bonds. The minimum atomic E-state index is -3.98. The highest BCUT2D eigenvalue weighted by Gasteiger charge is 2.26. The highest BCUT2D eigenvalue weighted by atomic mass is 35.5. The Morgan fingerprint density at radius 2 is 1.92 bits per heavy atom. The van der Waals surface area contributed by atoms with Crippen LogP contribution in [0.25, 0.3) is 0 Å². The highest BCUT2D eigenvalue weighted by Crippen LogP contribution is 2.31. The lowest BCUT2D eigenvalue weighted by Gasteiger charge is -2.18. The number of rotatable bonds is 6. The molecule has 2 aromatic carbocycles. The van der Waals surface area contributed by atoms with Crippen LogP contribution < -0.4 is 4.74 Å². The van der Waals surface area contributed by atoms with Crippen LogP contribution in [0.5, 0.6) is 5.75 Å². The summed E-state index contributed by atoms with van der Waals surface area (Å²) < 4.78 is 31.3. The maximum absolute atomic E-state index is 12.7. The van der Waals surface area contributed by atoms with Crippen LogP contribution in [0.3, 0.4) is 0 Å². The number of hydrogen-bond acceptors (Lipinski definition) is 5. The summed E-state index contributed by atoms with van der Waals surface area (Å²) in [7, 11) is -1.36. The molecule has 0 saturated heterocycles. The van der Waals surface area contributed by atoms with Gasteiger partial charge in [0, 0.05) is 19.7 Å². The predicted octanol–water partition coefficient (Wildman–Crippen LogP) is 3.73. The van der Waals surface area contributed by atoms with E-state index in [9.17, 15) is 18.5 Å². The van der Waals surface area contributed by atoms with Crippen LogP contribution in [0.2, 0.25) is 10.0 Å². The van der Waals surface area contributed by atoms with Crippen LogP contribution in [0.1, 0.15) is 5.56 Å². The summed E-state index contributed by atoms with van der Waals surface area (Å²) in [5, 5.41) is 11.7. The Hall–Kier alpha value is -1.87. The van der Waals surface area contributed by atoms with Crippen molar-refractivity contribution in [1.29, 1.82) is 0 Å². The minimum Gasteiger partial charge on any atom is -0.490 e. The van der Waals surface area contributed by atoms with E-state index in [2.05, 4.69) is 0 Å². The molecule has 0 atom stereocenters. The van der Waals surface area contributed by atoms with Gasteiger partial charge in [-0.15, -0.1) is 0 Å². The molecule has 7 nitrogen and oxygen atoms in total. The van der Waals surface area contributed by atoms with Crippen molar-refractivity contribution in [3.05, 3.63) is 62.1 Å². The number of nitro benzene ring substituents is 1. The Balaban J connectivity index is 2.39. The van der Waals surface area contributed by atoms with Gasteiger partial charge in [0.25, 0.3) is 0 Å². The van der Waals surface area contributed by atoms with E-state index in [1.807, 2.05) is 0 Å². The molecule has 0 radical (unpaired) electrons. The number of nitrogens with zero attached hydrogens (tertiary/aromatic N) is 2. The van der Waals surface area contributed by atoms with Gasteiger partial charge in [-0.3, -0.25) is 10.1 Å². The summed E-state index contributed by atoms with van der Waals surface area (Å²) in [6.45, 7) is -0.0401. The summed E-state index contributed by atoms with van der Waals surface area (Å²) in [4.78, 5) is 10.2. The Labute approximate surface area is 154 Å². The molecule has 0 aliphatic heterocycles. The fraction of sp³-hybridized carbons (Fsp3) is 0.200. The molecule has 0 fully saturated rings. The van der Waals surface area contributed by atoms with E-state index < -0.39 is 20.6 Å². The zero-order chi connectivity index (χ0) is 18.8. The molecule has 0 heterocycles. The van der Waals surface area contributed by atoms with E-state index in [4.69, 9.17) is 27.9 Å². The Kier molecular flexibility index (Phi) is 5.89. The van der Waals surface area contributed by atoms with Crippen molar-refractivity contribution in [2.24, 2.45) is 0 Å².